The highest BCUT2D eigenvalue weighted by Gasteiger charge is 2.35. The summed E-state index contributed by atoms with van der Waals surface area (Å²) in [7, 11) is 0. The van der Waals surface area contributed by atoms with Crippen molar-refractivity contribution in [2.24, 2.45) is 5.84 Å². The molecule has 108 valence electrons. The van der Waals surface area contributed by atoms with Crippen molar-refractivity contribution >= 4 is 0 Å². The van der Waals surface area contributed by atoms with Gasteiger partial charge in [-0.1, -0.05) is 6.07 Å². The predicted octanol–water partition coefficient (Wildman–Crippen LogP) is 3.30. The van der Waals surface area contributed by atoms with E-state index in [4.69, 9.17) is 10.3 Å². The lowest BCUT2D eigenvalue weighted by Crippen LogP contribution is -2.29. The van der Waals surface area contributed by atoms with Gasteiger partial charge < -0.3 is 4.42 Å². The van der Waals surface area contributed by atoms with E-state index in [2.05, 4.69) is 5.43 Å². The summed E-state index contributed by atoms with van der Waals surface area (Å²) in [6.07, 6.45) is -4.77. The van der Waals surface area contributed by atoms with E-state index in [1.807, 2.05) is 0 Å². The van der Waals surface area contributed by atoms with Crippen LogP contribution >= 0.6 is 0 Å². The predicted molar refractivity (Wildman–Crippen MR) is 64.0 cm³/mol. The Balaban J connectivity index is 2.46. The number of hydrazine groups is 1. The first-order chi connectivity index (χ1) is 9.32. The van der Waals surface area contributed by atoms with Crippen molar-refractivity contribution < 1.29 is 22.0 Å². The lowest BCUT2D eigenvalue weighted by Gasteiger charge is -2.16. The minimum Gasteiger partial charge on any atom is -0.464 e. The standard InChI is InChI=1S/C13H12F4N2O/c1-7-2-5-11(20-7)12(19-18)8-3-4-10(14)9(6-8)13(15,16)17/h2-6,12,19H,18H2,1H3. The molecule has 2 rings (SSSR count). The van der Waals surface area contributed by atoms with E-state index in [9.17, 15) is 17.6 Å². The highest BCUT2D eigenvalue weighted by molar-refractivity contribution is 5.33. The molecule has 0 bridgehead atoms. The summed E-state index contributed by atoms with van der Waals surface area (Å²) in [5.41, 5.74) is 1.19. The topological polar surface area (TPSA) is 51.2 Å². The van der Waals surface area contributed by atoms with Gasteiger partial charge in [-0.3, -0.25) is 5.84 Å². The average Bonchev–Trinajstić information content (AvgIpc) is 2.77. The van der Waals surface area contributed by atoms with Crippen molar-refractivity contribution in [2.45, 2.75) is 19.1 Å². The normalized spacial score (nSPS) is 13.5. The van der Waals surface area contributed by atoms with Crippen LogP contribution in [0.25, 0.3) is 0 Å². The third-order valence-electron chi connectivity index (χ3n) is 2.84. The van der Waals surface area contributed by atoms with Gasteiger partial charge in [0.25, 0.3) is 0 Å². The Labute approximate surface area is 112 Å². The molecule has 0 aliphatic carbocycles. The molecule has 1 aromatic heterocycles. The third-order valence-corrected chi connectivity index (χ3v) is 2.84. The molecule has 2 aromatic rings. The van der Waals surface area contributed by atoms with Gasteiger partial charge in [-0.25, -0.2) is 9.82 Å². The van der Waals surface area contributed by atoms with E-state index < -0.39 is 23.6 Å². The van der Waals surface area contributed by atoms with Gasteiger partial charge in [-0.2, -0.15) is 13.2 Å². The maximum atomic E-state index is 13.2. The van der Waals surface area contributed by atoms with Crippen LogP contribution in [0.4, 0.5) is 17.6 Å². The Kier molecular flexibility index (Phi) is 3.82. The van der Waals surface area contributed by atoms with E-state index in [1.54, 1.807) is 19.1 Å². The van der Waals surface area contributed by atoms with Gasteiger partial charge >= 0.3 is 6.18 Å². The molecule has 1 unspecified atom stereocenters. The Hall–Kier alpha value is -1.86. The summed E-state index contributed by atoms with van der Waals surface area (Å²) in [4.78, 5) is 0. The number of alkyl halides is 3. The molecule has 1 heterocycles. The molecule has 0 radical (unpaired) electrons. The summed E-state index contributed by atoms with van der Waals surface area (Å²) in [5.74, 6) is 4.98. The smallest absolute Gasteiger partial charge is 0.419 e. The molecular weight excluding hydrogens is 276 g/mol. The number of hydrogen-bond acceptors (Lipinski definition) is 3. The second kappa shape index (κ2) is 5.26. The third kappa shape index (κ3) is 2.83. The van der Waals surface area contributed by atoms with Crippen LogP contribution < -0.4 is 11.3 Å². The number of aryl methyl sites for hydroxylation is 1. The Morgan fingerprint density at radius 1 is 1.20 bits per heavy atom. The molecule has 0 aliphatic rings. The summed E-state index contributed by atoms with van der Waals surface area (Å²) in [6, 6.07) is 5.18. The van der Waals surface area contributed by atoms with Gasteiger partial charge in [0.15, 0.2) is 0 Å². The molecule has 0 saturated carbocycles. The van der Waals surface area contributed by atoms with Crippen molar-refractivity contribution in [3.8, 4) is 0 Å². The fraction of sp³-hybridized carbons (Fsp3) is 0.231. The van der Waals surface area contributed by atoms with Crippen molar-refractivity contribution in [1.82, 2.24) is 5.43 Å². The monoisotopic (exact) mass is 288 g/mol. The number of nitrogens with two attached hydrogens (primary N) is 1. The molecular formula is C13H12F4N2O. The molecule has 0 fully saturated rings. The number of nitrogens with one attached hydrogen (secondary N) is 1. The van der Waals surface area contributed by atoms with Crippen molar-refractivity contribution in [3.63, 3.8) is 0 Å². The summed E-state index contributed by atoms with van der Waals surface area (Å²) >= 11 is 0. The van der Waals surface area contributed by atoms with Crippen LogP contribution in [-0.4, -0.2) is 0 Å². The minimum absolute atomic E-state index is 0.163. The zero-order chi connectivity index (χ0) is 14.9. The Morgan fingerprint density at radius 2 is 1.90 bits per heavy atom. The minimum atomic E-state index is -4.77. The maximum absolute atomic E-state index is 13.2. The summed E-state index contributed by atoms with van der Waals surface area (Å²) in [5, 5.41) is 0. The van der Waals surface area contributed by atoms with Crippen molar-refractivity contribution in [1.29, 1.82) is 0 Å². The zero-order valence-electron chi connectivity index (χ0n) is 10.5. The van der Waals surface area contributed by atoms with Crippen LogP contribution in [0, 0.1) is 12.7 Å². The lowest BCUT2D eigenvalue weighted by atomic mass is 10.0. The van der Waals surface area contributed by atoms with Crippen LogP contribution in [0.15, 0.2) is 34.7 Å². The van der Waals surface area contributed by atoms with Crippen LogP contribution in [0.1, 0.15) is 28.7 Å². The van der Waals surface area contributed by atoms with Gasteiger partial charge in [0, 0.05) is 0 Å². The first kappa shape index (κ1) is 14.5. The quantitative estimate of drug-likeness (QED) is 0.517. The largest absolute Gasteiger partial charge is 0.464 e. The highest BCUT2D eigenvalue weighted by Crippen LogP contribution is 2.34. The fourth-order valence-corrected chi connectivity index (χ4v) is 1.89. The van der Waals surface area contributed by atoms with Crippen LogP contribution in [0.3, 0.4) is 0 Å². The summed E-state index contributed by atoms with van der Waals surface area (Å²) in [6.45, 7) is 1.70. The zero-order valence-corrected chi connectivity index (χ0v) is 10.5. The molecule has 0 amide bonds. The number of hydrogen-bond donors (Lipinski definition) is 2. The Morgan fingerprint density at radius 3 is 2.40 bits per heavy atom. The van der Waals surface area contributed by atoms with Crippen molar-refractivity contribution in [3.05, 3.63) is 58.8 Å². The number of benzene rings is 1. The van der Waals surface area contributed by atoms with E-state index in [0.717, 1.165) is 12.1 Å². The number of rotatable bonds is 3. The van der Waals surface area contributed by atoms with E-state index in [1.165, 1.54) is 6.07 Å². The number of furan rings is 1. The molecule has 3 N–H and O–H groups in total. The first-order valence-corrected chi connectivity index (χ1v) is 5.72. The van der Waals surface area contributed by atoms with Gasteiger partial charge in [-0.05, 0) is 36.8 Å². The molecule has 3 nitrogen and oxygen atoms in total. The lowest BCUT2D eigenvalue weighted by molar-refractivity contribution is -0.140. The average molecular weight is 288 g/mol. The molecule has 1 aromatic carbocycles. The Bertz CT molecular complexity index is 607. The van der Waals surface area contributed by atoms with E-state index in [-0.39, 0.29) is 5.56 Å². The molecule has 1 atom stereocenters. The van der Waals surface area contributed by atoms with Crippen molar-refractivity contribution in [2.75, 3.05) is 0 Å². The van der Waals surface area contributed by atoms with E-state index >= 15 is 0 Å². The molecule has 0 saturated heterocycles. The van der Waals surface area contributed by atoms with Crippen LogP contribution in [-0.2, 0) is 6.18 Å². The molecule has 0 spiro atoms. The van der Waals surface area contributed by atoms with Gasteiger partial charge in [0.1, 0.15) is 23.4 Å². The number of halogens is 4. The maximum Gasteiger partial charge on any atom is 0.419 e. The molecule has 20 heavy (non-hydrogen) atoms. The van der Waals surface area contributed by atoms with Gasteiger partial charge in [-0.15, -0.1) is 0 Å². The first-order valence-electron chi connectivity index (χ1n) is 5.72. The van der Waals surface area contributed by atoms with Gasteiger partial charge in [0.2, 0.25) is 0 Å². The second-order valence-corrected chi connectivity index (χ2v) is 4.29. The highest BCUT2D eigenvalue weighted by atomic mass is 19.4. The SMILES string of the molecule is Cc1ccc(C(NN)c2ccc(F)c(C(F)(F)F)c2)o1. The fourth-order valence-electron chi connectivity index (χ4n) is 1.89. The van der Waals surface area contributed by atoms with Crippen LogP contribution in [0.5, 0.6) is 0 Å². The molecule has 0 aliphatic heterocycles. The van der Waals surface area contributed by atoms with E-state index in [0.29, 0.717) is 11.5 Å². The van der Waals surface area contributed by atoms with Crippen LogP contribution in [0.2, 0.25) is 0 Å². The second-order valence-electron chi connectivity index (χ2n) is 4.29. The van der Waals surface area contributed by atoms with Gasteiger partial charge in [0.05, 0.1) is 5.56 Å². The summed E-state index contributed by atoms with van der Waals surface area (Å²) < 4.78 is 56.6. The molecule has 7 heteroatoms.